The summed E-state index contributed by atoms with van der Waals surface area (Å²) in [4.78, 5) is 13.9. The van der Waals surface area contributed by atoms with Crippen molar-refractivity contribution in [3.05, 3.63) is 18.3 Å². The fourth-order valence-corrected chi connectivity index (χ4v) is 3.43. The number of hydrogen-bond donors (Lipinski definition) is 2. The molecule has 0 spiro atoms. The number of pyridine rings is 1. The van der Waals surface area contributed by atoms with Crippen LogP contribution in [0.4, 0.5) is 5.82 Å². The lowest BCUT2D eigenvalue weighted by Crippen LogP contribution is -2.40. The van der Waals surface area contributed by atoms with Gasteiger partial charge in [0.1, 0.15) is 17.6 Å². The lowest BCUT2D eigenvalue weighted by Gasteiger charge is -2.25. The Kier molecular flexibility index (Phi) is 5.69. The molecular formula is C13H21N4O4S+. The van der Waals surface area contributed by atoms with Crippen LogP contribution in [0.1, 0.15) is 6.92 Å². The van der Waals surface area contributed by atoms with Crippen molar-refractivity contribution in [2.75, 3.05) is 44.7 Å². The van der Waals surface area contributed by atoms with Gasteiger partial charge in [0, 0.05) is 26.1 Å². The molecule has 0 aliphatic carbocycles. The predicted molar refractivity (Wildman–Crippen MR) is 79.7 cm³/mol. The predicted octanol–water partition coefficient (Wildman–Crippen LogP) is -0.930. The van der Waals surface area contributed by atoms with E-state index in [0.717, 1.165) is 0 Å². The van der Waals surface area contributed by atoms with E-state index >= 15 is 0 Å². The first-order valence-corrected chi connectivity index (χ1v) is 8.52. The van der Waals surface area contributed by atoms with Crippen molar-refractivity contribution in [2.24, 2.45) is 0 Å². The van der Waals surface area contributed by atoms with Gasteiger partial charge in [0.15, 0.2) is 0 Å². The minimum atomic E-state index is -3.48. The molecule has 1 aliphatic heterocycles. The monoisotopic (exact) mass is 329 g/mol. The molecule has 0 bridgehead atoms. The van der Waals surface area contributed by atoms with Gasteiger partial charge in [-0.05, 0) is 6.07 Å². The normalized spacial score (nSPS) is 16.2. The van der Waals surface area contributed by atoms with Gasteiger partial charge in [-0.25, -0.2) is 13.4 Å². The first-order chi connectivity index (χ1) is 10.5. The molecule has 1 aromatic rings. The van der Waals surface area contributed by atoms with Gasteiger partial charge < -0.3 is 10.1 Å². The van der Waals surface area contributed by atoms with Crippen LogP contribution in [-0.4, -0.2) is 58.0 Å². The second-order valence-electron chi connectivity index (χ2n) is 4.86. The molecule has 1 aliphatic rings. The van der Waals surface area contributed by atoms with Crippen LogP contribution in [0.2, 0.25) is 0 Å². The quantitative estimate of drug-likeness (QED) is 0.657. The second kappa shape index (κ2) is 7.52. The van der Waals surface area contributed by atoms with Gasteiger partial charge in [-0.1, -0.05) is 0 Å². The molecule has 8 nitrogen and oxygen atoms in total. The summed E-state index contributed by atoms with van der Waals surface area (Å²) in [6.07, 6.45) is 1.46. The standard InChI is InChI=1S/C13H20N4O4S/c1-11(18)14-4-5-15-13-3-2-12(10-16-13)22(19,20)17-6-8-21-9-7-17/h2-3,10H,4-9H2,1H3,(H,14,18)(H,15,16)/p+1. The molecule has 0 radical (unpaired) electrons. The fourth-order valence-electron chi connectivity index (χ4n) is 2.05. The average Bonchev–Trinajstić information content (AvgIpc) is 2.53. The molecule has 122 valence electrons. The highest BCUT2D eigenvalue weighted by molar-refractivity contribution is 7.89. The Bertz CT molecular complexity index is 597. The van der Waals surface area contributed by atoms with E-state index in [9.17, 15) is 13.2 Å². The number of nitrogens with one attached hydrogen (secondary N) is 3. The first-order valence-electron chi connectivity index (χ1n) is 7.08. The minimum Gasteiger partial charge on any atom is -0.379 e. The molecule has 9 heteroatoms. The molecule has 1 aromatic heterocycles. The Balaban J connectivity index is 1.94. The van der Waals surface area contributed by atoms with Crippen molar-refractivity contribution in [3.8, 4) is 0 Å². The number of sulfonamides is 1. The highest BCUT2D eigenvalue weighted by atomic mass is 32.2. The van der Waals surface area contributed by atoms with Gasteiger partial charge in [0.2, 0.25) is 15.9 Å². The van der Waals surface area contributed by atoms with Gasteiger partial charge in [-0.3, -0.25) is 10.1 Å². The van der Waals surface area contributed by atoms with Crippen LogP contribution in [0.15, 0.2) is 23.2 Å². The molecule has 2 rings (SSSR count). The number of morpholine rings is 1. The summed E-state index contributed by atoms with van der Waals surface area (Å²) in [5, 5.41) is 5.72. The number of amides is 1. The summed E-state index contributed by atoms with van der Waals surface area (Å²) in [6, 6.07) is 3.23. The van der Waals surface area contributed by atoms with Gasteiger partial charge in [0.25, 0.3) is 5.82 Å². The number of rotatable bonds is 6. The molecule has 1 saturated heterocycles. The number of hydrogen-bond acceptors (Lipinski definition) is 5. The summed E-state index contributed by atoms with van der Waals surface area (Å²) in [5.74, 6) is 0.601. The van der Waals surface area contributed by atoms with Gasteiger partial charge in [-0.15, -0.1) is 0 Å². The number of anilines is 1. The number of carbonyl (C=O) groups excluding carboxylic acids is 1. The van der Waals surface area contributed by atoms with Gasteiger partial charge in [-0.2, -0.15) is 4.31 Å². The van der Waals surface area contributed by atoms with Crippen LogP contribution in [0.25, 0.3) is 0 Å². The number of nitrogens with zero attached hydrogens (tertiary/aromatic N) is 1. The zero-order valence-electron chi connectivity index (χ0n) is 12.5. The minimum absolute atomic E-state index is 0.0854. The highest BCUT2D eigenvalue weighted by Gasteiger charge is 2.27. The molecule has 22 heavy (non-hydrogen) atoms. The Morgan fingerprint density at radius 2 is 2.05 bits per heavy atom. The topological polar surface area (TPSA) is 102 Å². The van der Waals surface area contributed by atoms with Crippen LogP contribution in [0.3, 0.4) is 0 Å². The molecule has 0 aromatic carbocycles. The largest absolute Gasteiger partial charge is 0.379 e. The van der Waals surface area contributed by atoms with E-state index in [1.165, 1.54) is 17.4 Å². The maximum atomic E-state index is 12.4. The van der Waals surface area contributed by atoms with Crippen LogP contribution in [0.5, 0.6) is 0 Å². The number of H-pyrrole nitrogens is 1. The van der Waals surface area contributed by atoms with Crippen molar-refractivity contribution < 1.29 is 22.9 Å². The summed E-state index contributed by atoms with van der Waals surface area (Å²) in [5.41, 5.74) is 0. The van der Waals surface area contributed by atoms with E-state index in [1.807, 2.05) is 0 Å². The molecule has 0 saturated carbocycles. The Labute approximate surface area is 129 Å². The summed E-state index contributed by atoms with van der Waals surface area (Å²) >= 11 is 0. The van der Waals surface area contributed by atoms with E-state index in [0.29, 0.717) is 45.2 Å². The maximum absolute atomic E-state index is 12.4. The maximum Gasteiger partial charge on any atom is 0.272 e. The van der Waals surface area contributed by atoms with Crippen molar-refractivity contribution in [1.29, 1.82) is 0 Å². The lowest BCUT2D eigenvalue weighted by atomic mass is 10.4. The molecule has 0 atom stereocenters. The number of aromatic amines is 1. The van der Waals surface area contributed by atoms with E-state index in [4.69, 9.17) is 4.74 Å². The fraction of sp³-hybridized carbons (Fsp3) is 0.538. The summed E-state index contributed by atoms with van der Waals surface area (Å²) in [7, 11) is -3.48. The van der Waals surface area contributed by atoms with Gasteiger partial charge in [0.05, 0.1) is 19.8 Å². The van der Waals surface area contributed by atoms with E-state index < -0.39 is 10.0 Å². The van der Waals surface area contributed by atoms with E-state index in [-0.39, 0.29) is 10.8 Å². The third-order valence-corrected chi connectivity index (χ3v) is 5.10. The van der Waals surface area contributed by atoms with Crippen LogP contribution >= 0.6 is 0 Å². The molecule has 2 heterocycles. The SMILES string of the molecule is CC(=O)NCCNc1ccc(S(=O)(=O)N2CCOCC2)c[nH+]1. The zero-order valence-corrected chi connectivity index (χ0v) is 13.3. The molecule has 0 unspecified atom stereocenters. The molecule has 1 fully saturated rings. The van der Waals surface area contributed by atoms with Crippen molar-refractivity contribution in [2.45, 2.75) is 11.8 Å². The highest BCUT2D eigenvalue weighted by Crippen LogP contribution is 2.15. The average molecular weight is 329 g/mol. The Morgan fingerprint density at radius 3 is 2.64 bits per heavy atom. The number of carbonyl (C=O) groups is 1. The van der Waals surface area contributed by atoms with E-state index in [2.05, 4.69) is 15.6 Å². The van der Waals surface area contributed by atoms with Crippen LogP contribution in [-0.2, 0) is 19.6 Å². The Morgan fingerprint density at radius 1 is 1.32 bits per heavy atom. The molecule has 3 N–H and O–H groups in total. The number of ether oxygens (including phenoxy) is 1. The molecule has 1 amide bonds. The summed E-state index contributed by atoms with van der Waals surface area (Å²) in [6.45, 7) is 4.09. The lowest BCUT2D eigenvalue weighted by molar-refractivity contribution is -0.364. The summed E-state index contributed by atoms with van der Waals surface area (Å²) < 4.78 is 31.4. The van der Waals surface area contributed by atoms with Crippen molar-refractivity contribution in [3.63, 3.8) is 0 Å². The number of aromatic nitrogens is 1. The van der Waals surface area contributed by atoms with Crippen molar-refractivity contribution in [1.82, 2.24) is 9.62 Å². The molecular weight excluding hydrogens is 308 g/mol. The third kappa shape index (κ3) is 4.39. The van der Waals surface area contributed by atoms with Crippen molar-refractivity contribution >= 4 is 21.7 Å². The van der Waals surface area contributed by atoms with Crippen LogP contribution in [0, 0.1) is 0 Å². The first kappa shape index (κ1) is 16.7. The van der Waals surface area contributed by atoms with Gasteiger partial charge >= 0.3 is 0 Å². The van der Waals surface area contributed by atoms with Crippen LogP contribution < -0.4 is 15.6 Å². The zero-order chi connectivity index (χ0) is 16.0. The second-order valence-corrected chi connectivity index (χ2v) is 6.80. The Hall–Kier alpha value is -1.71. The van der Waals surface area contributed by atoms with E-state index in [1.54, 1.807) is 12.1 Å². The third-order valence-electron chi connectivity index (χ3n) is 3.21. The smallest absolute Gasteiger partial charge is 0.272 e.